The lowest BCUT2D eigenvalue weighted by atomic mass is 9.77. The molecule has 1 aromatic rings. The maximum absolute atomic E-state index is 12.2. The number of nitrogens with zero attached hydrogens (tertiary/aromatic N) is 2. The van der Waals surface area contributed by atoms with E-state index in [2.05, 4.69) is 17.3 Å². The van der Waals surface area contributed by atoms with Crippen LogP contribution in [0.25, 0.3) is 0 Å². The highest BCUT2D eigenvalue weighted by Gasteiger charge is 2.34. The number of hydrogen-bond acceptors (Lipinski definition) is 3. The van der Waals surface area contributed by atoms with E-state index in [9.17, 15) is 4.79 Å². The summed E-state index contributed by atoms with van der Waals surface area (Å²) in [7, 11) is 1.80. The highest BCUT2D eigenvalue weighted by Crippen LogP contribution is 2.31. The van der Waals surface area contributed by atoms with Gasteiger partial charge in [-0.1, -0.05) is 6.92 Å². The molecule has 0 unspecified atom stereocenters. The van der Waals surface area contributed by atoms with E-state index >= 15 is 0 Å². The van der Waals surface area contributed by atoms with Crippen LogP contribution in [-0.4, -0.2) is 27.8 Å². The van der Waals surface area contributed by atoms with Crippen LogP contribution in [0.15, 0.2) is 12.4 Å². The summed E-state index contributed by atoms with van der Waals surface area (Å²) in [5.74, 6) is 0.670. The molecule has 1 saturated carbocycles. The highest BCUT2D eigenvalue weighted by molar-refractivity contribution is 5.94. The Labute approximate surface area is 108 Å². The standard InChI is InChI=1S/C13H22N4O/c1-10-3-5-13(9-14,6-4-10)16-12(18)11-7-15-17(2)8-11/h7-8,10H,3-6,9,14H2,1-2H3,(H,16,18). The van der Waals surface area contributed by atoms with Crippen LogP contribution < -0.4 is 11.1 Å². The van der Waals surface area contributed by atoms with Gasteiger partial charge >= 0.3 is 0 Å². The van der Waals surface area contributed by atoms with Crippen LogP contribution >= 0.6 is 0 Å². The quantitative estimate of drug-likeness (QED) is 0.842. The van der Waals surface area contributed by atoms with Crippen molar-refractivity contribution in [2.45, 2.75) is 38.1 Å². The smallest absolute Gasteiger partial charge is 0.254 e. The number of aryl methyl sites for hydroxylation is 1. The minimum Gasteiger partial charge on any atom is -0.345 e. The highest BCUT2D eigenvalue weighted by atomic mass is 16.1. The summed E-state index contributed by atoms with van der Waals surface area (Å²) in [5.41, 5.74) is 6.26. The summed E-state index contributed by atoms with van der Waals surface area (Å²) >= 11 is 0. The second-order valence-corrected chi connectivity index (χ2v) is 5.52. The van der Waals surface area contributed by atoms with Crippen LogP contribution in [0.2, 0.25) is 0 Å². The van der Waals surface area contributed by atoms with Crippen molar-refractivity contribution < 1.29 is 4.79 Å². The molecule has 0 bridgehead atoms. The average molecular weight is 250 g/mol. The fourth-order valence-corrected chi connectivity index (χ4v) is 2.55. The fraction of sp³-hybridized carbons (Fsp3) is 0.692. The van der Waals surface area contributed by atoms with Crippen molar-refractivity contribution in [3.63, 3.8) is 0 Å². The molecule has 0 radical (unpaired) electrons. The molecule has 0 atom stereocenters. The van der Waals surface area contributed by atoms with Gasteiger partial charge in [0.2, 0.25) is 0 Å². The van der Waals surface area contributed by atoms with Gasteiger partial charge in [-0.25, -0.2) is 0 Å². The topological polar surface area (TPSA) is 72.9 Å². The number of hydrogen-bond donors (Lipinski definition) is 2. The van der Waals surface area contributed by atoms with Crippen LogP contribution in [0, 0.1) is 5.92 Å². The van der Waals surface area contributed by atoms with E-state index in [1.165, 1.54) is 0 Å². The first-order chi connectivity index (χ1) is 8.54. The van der Waals surface area contributed by atoms with E-state index in [0.29, 0.717) is 12.1 Å². The predicted octanol–water partition coefficient (Wildman–Crippen LogP) is 1.06. The number of carbonyl (C=O) groups is 1. The number of amides is 1. The zero-order chi connectivity index (χ0) is 13.2. The van der Waals surface area contributed by atoms with Crippen LogP contribution in [0.5, 0.6) is 0 Å². The average Bonchev–Trinajstić information content (AvgIpc) is 2.79. The van der Waals surface area contributed by atoms with Gasteiger partial charge in [-0.2, -0.15) is 5.10 Å². The van der Waals surface area contributed by atoms with Gasteiger partial charge in [-0.15, -0.1) is 0 Å². The maximum Gasteiger partial charge on any atom is 0.254 e. The Morgan fingerprint density at radius 1 is 1.61 bits per heavy atom. The van der Waals surface area contributed by atoms with Crippen LogP contribution in [0.4, 0.5) is 0 Å². The molecule has 1 aliphatic carbocycles. The molecule has 0 saturated heterocycles. The molecule has 2 rings (SSSR count). The van der Waals surface area contributed by atoms with Crippen molar-refractivity contribution >= 4 is 5.91 Å². The van der Waals surface area contributed by atoms with Gasteiger partial charge in [0, 0.05) is 19.8 Å². The minimum atomic E-state index is -0.223. The molecule has 1 amide bonds. The zero-order valence-corrected chi connectivity index (χ0v) is 11.1. The monoisotopic (exact) mass is 250 g/mol. The summed E-state index contributed by atoms with van der Waals surface area (Å²) in [6, 6.07) is 0. The second-order valence-electron chi connectivity index (χ2n) is 5.52. The lowest BCUT2D eigenvalue weighted by Gasteiger charge is -2.39. The Morgan fingerprint density at radius 2 is 2.28 bits per heavy atom. The van der Waals surface area contributed by atoms with Gasteiger partial charge in [0.15, 0.2) is 0 Å². The van der Waals surface area contributed by atoms with Gasteiger partial charge in [0.25, 0.3) is 5.91 Å². The molecule has 18 heavy (non-hydrogen) atoms. The summed E-state index contributed by atoms with van der Waals surface area (Å²) in [4.78, 5) is 12.2. The summed E-state index contributed by atoms with van der Waals surface area (Å²) in [5, 5.41) is 7.13. The molecule has 1 aliphatic rings. The SMILES string of the molecule is CC1CCC(CN)(NC(=O)c2cnn(C)c2)CC1. The van der Waals surface area contributed by atoms with Crippen molar-refractivity contribution in [2.75, 3.05) is 6.54 Å². The van der Waals surface area contributed by atoms with Crippen molar-refractivity contribution in [1.29, 1.82) is 0 Å². The Balaban J connectivity index is 2.04. The largest absolute Gasteiger partial charge is 0.345 e. The first kappa shape index (κ1) is 13.1. The van der Waals surface area contributed by atoms with Gasteiger partial charge in [-0.3, -0.25) is 9.48 Å². The first-order valence-corrected chi connectivity index (χ1v) is 6.56. The van der Waals surface area contributed by atoms with Gasteiger partial charge in [0.05, 0.1) is 17.3 Å². The molecule has 0 spiro atoms. The molecule has 1 aromatic heterocycles. The normalized spacial score (nSPS) is 28.1. The molecule has 3 N–H and O–H groups in total. The molecule has 1 heterocycles. The van der Waals surface area contributed by atoms with Gasteiger partial charge in [-0.05, 0) is 31.6 Å². The molecular formula is C13H22N4O. The molecule has 100 valence electrons. The van der Waals surface area contributed by atoms with Crippen molar-refractivity contribution in [2.24, 2.45) is 18.7 Å². The van der Waals surface area contributed by atoms with E-state index in [0.717, 1.165) is 31.6 Å². The second kappa shape index (κ2) is 5.10. The molecule has 0 aliphatic heterocycles. The zero-order valence-electron chi connectivity index (χ0n) is 11.1. The van der Waals surface area contributed by atoms with E-state index in [4.69, 9.17) is 5.73 Å². The minimum absolute atomic E-state index is 0.0666. The van der Waals surface area contributed by atoms with Crippen molar-refractivity contribution in [3.05, 3.63) is 18.0 Å². The Kier molecular flexibility index (Phi) is 3.71. The number of carbonyl (C=O) groups excluding carboxylic acids is 1. The summed E-state index contributed by atoms with van der Waals surface area (Å²) in [6.45, 7) is 2.76. The lowest BCUT2D eigenvalue weighted by molar-refractivity contribution is 0.0860. The third kappa shape index (κ3) is 2.72. The molecular weight excluding hydrogens is 228 g/mol. The Bertz CT molecular complexity index is 418. The third-order valence-corrected chi connectivity index (χ3v) is 3.97. The van der Waals surface area contributed by atoms with Gasteiger partial charge in [0.1, 0.15) is 0 Å². The number of aromatic nitrogens is 2. The molecule has 5 nitrogen and oxygen atoms in total. The summed E-state index contributed by atoms with van der Waals surface area (Å²) in [6.07, 6.45) is 7.51. The maximum atomic E-state index is 12.2. The summed E-state index contributed by atoms with van der Waals surface area (Å²) < 4.78 is 1.63. The Hall–Kier alpha value is -1.36. The first-order valence-electron chi connectivity index (χ1n) is 6.56. The molecule has 0 aromatic carbocycles. The van der Waals surface area contributed by atoms with E-state index in [-0.39, 0.29) is 11.4 Å². The lowest BCUT2D eigenvalue weighted by Crippen LogP contribution is -2.55. The molecule has 1 fully saturated rings. The fourth-order valence-electron chi connectivity index (χ4n) is 2.55. The third-order valence-electron chi connectivity index (χ3n) is 3.97. The number of nitrogens with two attached hydrogens (primary N) is 1. The van der Waals surface area contributed by atoms with Crippen molar-refractivity contribution in [3.8, 4) is 0 Å². The van der Waals surface area contributed by atoms with Gasteiger partial charge < -0.3 is 11.1 Å². The van der Waals surface area contributed by atoms with Crippen LogP contribution in [0.3, 0.4) is 0 Å². The van der Waals surface area contributed by atoms with Crippen LogP contribution in [0.1, 0.15) is 43.0 Å². The molecule has 5 heteroatoms. The van der Waals surface area contributed by atoms with Crippen molar-refractivity contribution in [1.82, 2.24) is 15.1 Å². The Morgan fingerprint density at radius 3 is 2.78 bits per heavy atom. The van der Waals surface area contributed by atoms with Crippen LogP contribution in [-0.2, 0) is 7.05 Å². The van der Waals surface area contributed by atoms with E-state index in [1.807, 2.05) is 0 Å². The van der Waals surface area contributed by atoms with E-state index < -0.39 is 0 Å². The number of rotatable bonds is 3. The van der Waals surface area contributed by atoms with E-state index in [1.54, 1.807) is 24.1 Å². The number of nitrogens with one attached hydrogen (secondary N) is 1. The predicted molar refractivity (Wildman–Crippen MR) is 70.1 cm³/mol.